The van der Waals surface area contributed by atoms with Crippen LogP contribution in [0.25, 0.3) is 0 Å². The molecule has 0 unspecified atom stereocenters. The van der Waals surface area contributed by atoms with E-state index in [9.17, 15) is 0 Å². The third-order valence-corrected chi connectivity index (χ3v) is 3.79. The zero-order valence-electron chi connectivity index (χ0n) is 13.6. The maximum Gasteiger partial charge on any atom is 0.150 e. The highest BCUT2D eigenvalue weighted by Gasteiger charge is 2.12. The molecule has 120 valence electrons. The van der Waals surface area contributed by atoms with Gasteiger partial charge in [0.25, 0.3) is 0 Å². The first-order chi connectivity index (χ1) is 11.9. The number of rotatable bonds is 7. The molecule has 0 fully saturated rings. The van der Waals surface area contributed by atoms with Crippen LogP contribution in [0.5, 0.6) is 11.5 Å². The van der Waals surface area contributed by atoms with E-state index < -0.39 is 0 Å². The molecule has 0 spiro atoms. The lowest BCUT2D eigenvalue weighted by atomic mass is 10.0. The van der Waals surface area contributed by atoms with Crippen LogP contribution in [0.15, 0.2) is 97.6 Å². The molecule has 3 rings (SSSR count). The Labute approximate surface area is 143 Å². The Kier molecular flexibility index (Phi) is 5.31. The van der Waals surface area contributed by atoms with Crippen molar-refractivity contribution in [2.75, 3.05) is 5.32 Å². The van der Waals surface area contributed by atoms with Crippen molar-refractivity contribution in [1.29, 1.82) is 0 Å². The molecule has 0 heterocycles. The van der Waals surface area contributed by atoms with Crippen LogP contribution in [0, 0.1) is 0 Å². The van der Waals surface area contributed by atoms with Gasteiger partial charge in [0, 0.05) is 0 Å². The average molecular weight is 315 g/mol. The smallest absolute Gasteiger partial charge is 0.150 e. The normalized spacial score (nSPS) is 11.5. The predicted molar refractivity (Wildman–Crippen MR) is 101 cm³/mol. The van der Waals surface area contributed by atoms with E-state index in [1.165, 1.54) is 5.56 Å². The summed E-state index contributed by atoms with van der Waals surface area (Å²) in [5.41, 5.74) is 2.20. The topological polar surface area (TPSA) is 21.3 Å². The van der Waals surface area contributed by atoms with E-state index in [1.807, 2.05) is 66.7 Å². The maximum absolute atomic E-state index is 6.04. The maximum atomic E-state index is 6.04. The molecule has 0 aromatic heterocycles. The van der Waals surface area contributed by atoms with E-state index in [0.29, 0.717) is 0 Å². The van der Waals surface area contributed by atoms with Crippen molar-refractivity contribution in [3.8, 4) is 11.5 Å². The number of nitrogens with one attached hydrogen (secondary N) is 1. The van der Waals surface area contributed by atoms with Gasteiger partial charge in [0.1, 0.15) is 5.75 Å². The molecule has 0 amide bonds. The van der Waals surface area contributed by atoms with E-state index in [4.69, 9.17) is 4.74 Å². The molecule has 0 aliphatic rings. The molecule has 0 bridgehead atoms. The minimum Gasteiger partial charge on any atom is -0.455 e. The van der Waals surface area contributed by atoms with E-state index >= 15 is 0 Å². The molecule has 0 radical (unpaired) electrons. The van der Waals surface area contributed by atoms with Gasteiger partial charge in [0.05, 0.1) is 11.7 Å². The van der Waals surface area contributed by atoms with Crippen LogP contribution in [0.1, 0.15) is 18.0 Å². The number of anilines is 1. The zero-order chi connectivity index (χ0) is 16.6. The van der Waals surface area contributed by atoms with Gasteiger partial charge in [-0.3, -0.25) is 0 Å². The quantitative estimate of drug-likeness (QED) is 0.523. The van der Waals surface area contributed by atoms with Crippen LogP contribution >= 0.6 is 0 Å². The standard InChI is InChI=1S/C22H21NO/c1-2-11-20(18-12-5-3-6-13-18)23-21-16-9-10-17-22(21)24-19-14-7-4-8-15-19/h2-10,12-17,20,23H,1,11H2/t20-/m0/s1. The monoisotopic (exact) mass is 315 g/mol. The Hall–Kier alpha value is -3.00. The largest absolute Gasteiger partial charge is 0.455 e. The fourth-order valence-electron chi connectivity index (χ4n) is 2.61. The molecule has 0 aliphatic heterocycles. The Morgan fingerprint density at radius 2 is 1.46 bits per heavy atom. The van der Waals surface area contributed by atoms with E-state index in [-0.39, 0.29) is 6.04 Å². The van der Waals surface area contributed by atoms with Crippen molar-refractivity contribution >= 4 is 5.69 Å². The molecule has 24 heavy (non-hydrogen) atoms. The van der Waals surface area contributed by atoms with Gasteiger partial charge in [-0.05, 0) is 36.2 Å². The van der Waals surface area contributed by atoms with Gasteiger partial charge >= 0.3 is 0 Å². The lowest BCUT2D eigenvalue weighted by molar-refractivity contribution is 0.483. The molecule has 0 aliphatic carbocycles. The third kappa shape index (κ3) is 4.05. The summed E-state index contributed by atoms with van der Waals surface area (Å²) in [4.78, 5) is 0. The summed E-state index contributed by atoms with van der Waals surface area (Å²) >= 11 is 0. The zero-order valence-corrected chi connectivity index (χ0v) is 13.6. The molecular weight excluding hydrogens is 294 g/mol. The van der Waals surface area contributed by atoms with Crippen molar-refractivity contribution < 1.29 is 4.74 Å². The van der Waals surface area contributed by atoms with E-state index in [0.717, 1.165) is 23.6 Å². The lowest BCUT2D eigenvalue weighted by Crippen LogP contribution is -2.10. The Bertz CT molecular complexity index is 768. The molecule has 3 aromatic rings. The number of ether oxygens (including phenoxy) is 1. The minimum atomic E-state index is 0.157. The number of benzene rings is 3. The molecule has 2 nitrogen and oxygen atoms in total. The highest BCUT2D eigenvalue weighted by Crippen LogP contribution is 2.32. The van der Waals surface area contributed by atoms with Gasteiger partial charge in [-0.15, -0.1) is 6.58 Å². The first-order valence-corrected chi connectivity index (χ1v) is 8.11. The van der Waals surface area contributed by atoms with Crippen molar-refractivity contribution in [2.24, 2.45) is 0 Å². The van der Waals surface area contributed by atoms with Gasteiger partial charge in [0.2, 0.25) is 0 Å². The second-order valence-corrected chi connectivity index (χ2v) is 5.54. The van der Waals surface area contributed by atoms with Crippen molar-refractivity contribution in [1.82, 2.24) is 0 Å². The first kappa shape index (κ1) is 15.9. The summed E-state index contributed by atoms with van der Waals surface area (Å²) < 4.78 is 6.04. The average Bonchev–Trinajstić information content (AvgIpc) is 2.64. The van der Waals surface area contributed by atoms with Gasteiger partial charge in [-0.2, -0.15) is 0 Å². The highest BCUT2D eigenvalue weighted by molar-refractivity contribution is 5.58. The summed E-state index contributed by atoms with van der Waals surface area (Å²) in [6, 6.07) is 28.4. The van der Waals surface area contributed by atoms with E-state index in [2.05, 4.69) is 36.2 Å². The molecule has 1 atom stereocenters. The van der Waals surface area contributed by atoms with Crippen LogP contribution in [0.2, 0.25) is 0 Å². The van der Waals surface area contributed by atoms with Crippen molar-refractivity contribution in [3.63, 3.8) is 0 Å². The van der Waals surface area contributed by atoms with Gasteiger partial charge < -0.3 is 10.1 Å². The summed E-state index contributed by atoms with van der Waals surface area (Å²) in [5, 5.41) is 3.59. The Morgan fingerprint density at radius 1 is 0.833 bits per heavy atom. The van der Waals surface area contributed by atoms with Gasteiger partial charge in [-0.25, -0.2) is 0 Å². The van der Waals surface area contributed by atoms with Gasteiger partial charge in [0.15, 0.2) is 5.75 Å². The van der Waals surface area contributed by atoms with Crippen molar-refractivity contribution in [3.05, 3.63) is 103 Å². The fourth-order valence-corrected chi connectivity index (χ4v) is 2.61. The predicted octanol–water partition coefficient (Wildman–Crippen LogP) is 6.21. The molecular formula is C22H21NO. The Morgan fingerprint density at radius 3 is 2.17 bits per heavy atom. The first-order valence-electron chi connectivity index (χ1n) is 8.11. The molecule has 0 saturated carbocycles. The van der Waals surface area contributed by atoms with Crippen LogP contribution in [0.4, 0.5) is 5.69 Å². The summed E-state index contributed by atoms with van der Waals surface area (Å²) in [7, 11) is 0. The van der Waals surface area contributed by atoms with Crippen molar-refractivity contribution in [2.45, 2.75) is 12.5 Å². The van der Waals surface area contributed by atoms with Crippen LogP contribution in [-0.2, 0) is 0 Å². The fraction of sp³-hybridized carbons (Fsp3) is 0.0909. The molecule has 0 saturated heterocycles. The third-order valence-electron chi connectivity index (χ3n) is 3.79. The number of para-hydroxylation sites is 3. The lowest BCUT2D eigenvalue weighted by Gasteiger charge is -2.21. The van der Waals surface area contributed by atoms with Gasteiger partial charge in [-0.1, -0.05) is 66.7 Å². The summed E-state index contributed by atoms with van der Waals surface area (Å²) in [5.74, 6) is 1.64. The summed E-state index contributed by atoms with van der Waals surface area (Å²) in [6.07, 6.45) is 2.77. The van der Waals surface area contributed by atoms with Crippen LogP contribution in [-0.4, -0.2) is 0 Å². The second-order valence-electron chi connectivity index (χ2n) is 5.54. The minimum absolute atomic E-state index is 0.157. The van der Waals surface area contributed by atoms with Crippen LogP contribution in [0.3, 0.4) is 0 Å². The second kappa shape index (κ2) is 8.02. The molecule has 3 aromatic carbocycles. The van der Waals surface area contributed by atoms with E-state index in [1.54, 1.807) is 0 Å². The highest BCUT2D eigenvalue weighted by atomic mass is 16.5. The number of hydrogen-bond donors (Lipinski definition) is 1. The Balaban J connectivity index is 1.84. The van der Waals surface area contributed by atoms with Crippen LogP contribution < -0.4 is 10.1 Å². The SMILES string of the molecule is C=CC[C@H](Nc1ccccc1Oc1ccccc1)c1ccccc1. The summed E-state index contributed by atoms with van der Waals surface area (Å²) in [6.45, 7) is 3.89. The number of hydrogen-bond acceptors (Lipinski definition) is 2. The molecule has 2 heteroatoms. The molecule has 1 N–H and O–H groups in total.